The molecule has 2 aliphatic rings. The van der Waals surface area contributed by atoms with Crippen LogP contribution in [0.1, 0.15) is 65.7 Å². The Hall–Kier alpha value is -0.310. The molecule has 0 bridgehead atoms. The zero-order valence-corrected chi connectivity index (χ0v) is 13.6. The summed E-state index contributed by atoms with van der Waals surface area (Å²) in [5, 5.41) is 8.05. The molecule has 2 fully saturated rings. The van der Waals surface area contributed by atoms with E-state index in [1.165, 1.54) is 44.9 Å². The van der Waals surface area contributed by atoms with Crippen molar-refractivity contribution in [2.75, 3.05) is 0 Å². The summed E-state index contributed by atoms with van der Waals surface area (Å²) >= 11 is 5.53. The highest BCUT2D eigenvalue weighted by Gasteiger charge is 2.31. The van der Waals surface area contributed by atoms with Crippen molar-refractivity contribution >= 4 is 17.3 Å². The second kappa shape index (κ2) is 6.92. The Bertz CT molecular complexity index is 297. The third-order valence-corrected chi connectivity index (χ3v) is 5.26. The van der Waals surface area contributed by atoms with Gasteiger partial charge in [0.1, 0.15) is 0 Å². The van der Waals surface area contributed by atoms with Crippen molar-refractivity contribution in [2.45, 2.75) is 77.8 Å². The van der Waals surface area contributed by atoms with Crippen LogP contribution in [-0.4, -0.2) is 17.2 Å². The molecule has 3 atom stereocenters. The molecule has 0 radical (unpaired) electrons. The summed E-state index contributed by atoms with van der Waals surface area (Å²) in [6.07, 6.45) is 9.29. The molecule has 0 heterocycles. The Morgan fingerprint density at radius 3 is 2.37 bits per heavy atom. The molecule has 0 aliphatic heterocycles. The predicted octanol–water partition coefficient (Wildman–Crippen LogP) is 3.85. The number of nitrogens with one attached hydrogen (secondary N) is 2. The molecule has 0 aromatic rings. The lowest BCUT2D eigenvalue weighted by Gasteiger charge is -2.38. The van der Waals surface area contributed by atoms with E-state index in [0.29, 0.717) is 12.1 Å². The summed E-state index contributed by atoms with van der Waals surface area (Å²) < 4.78 is 0. The smallest absolute Gasteiger partial charge is 0.166 e. The fourth-order valence-electron chi connectivity index (χ4n) is 3.83. The Labute approximate surface area is 124 Å². The van der Waals surface area contributed by atoms with Crippen LogP contribution in [0.15, 0.2) is 0 Å². The van der Waals surface area contributed by atoms with Crippen molar-refractivity contribution in [1.82, 2.24) is 10.6 Å². The van der Waals surface area contributed by atoms with Gasteiger partial charge in [-0.1, -0.05) is 40.0 Å². The van der Waals surface area contributed by atoms with Gasteiger partial charge in [0.25, 0.3) is 0 Å². The quantitative estimate of drug-likeness (QED) is 0.769. The van der Waals surface area contributed by atoms with Crippen LogP contribution in [0.5, 0.6) is 0 Å². The lowest BCUT2D eigenvalue weighted by atomic mass is 9.74. The van der Waals surface area contributed by atoms with E-state index in [1.807, 2.05) is 0 Å². The van der Waals surface area contributed by atoms with Crippen molar-refractivity contribution in [3.63, 3.8) is 0 Å². The van der Waals surface area contributed by atoms with Crippen LogP contribution in [0, 0.1) is 17.8 Å². The Kier molecular flexibility index (Phi) is 5.49. The lowest BCUT2D eigenvalue weighted by molar-refractivity contribution is 0.185. The molecule has 0 aromatic carbocycles. The largest absolute Gasteiger partial charge is 0.360 e. The first-order chi connectivity index (χ1) is 9.06. The van der Waals surface area contributed by atoms with Gasteiger partial charge in [-0.25, -0.2) is 0 Å². The summed E-state index contributed by atoms with van der Waals surface area (Å²) in [7, 11) is 0. The molecule has 0 saturated heterocycles. The Balaban J connectivity index is 1.85. The minimum Gasteiger partial charge on any atom is -0.360 e. The molecule has 0 aromatic heterocycles. The molecular formula is C16H30N2S. The second-order valence-electron chi connectivity index (χ2n) is 7.03. The van der Waals surface area contributed by atoms with Gasteiger partial charge in [0, 0.05) is 12.1 Å². The zero-order valence-electron chi connectivity index (χ0n) is 12.7. The van der Waals surface area contributed by atoms with Crippen LogP contribution in [0.3, 0.4) is 0 Å². The van der Waals surface area contributed by atoms with E-state index >= 15 is 0 Å². The van der Waals surface area contributed by atoms with Crippen molar-refractivity contribution in [1.29, 1.82) is 0 Å². The lowest BCUT2D eigenvalue weighted by Crippen LogP contribution is -2.50. The number of thiocarbonyl (C=S) groups is 1. The van der Waals surface area contributed by atoms with Gasteiger partial charge in [-0.3, -0.25) is 0 Å². The van der Waals surface area contributed by atoms with Crippen LogP contribution in [0.2, 0.25) is 0 Å². The van der Waals surface area contributed by atoms with Gasteiger partial charge in [0.15, 0.2) is 5.11 Å². The third-order valence-electron chi connectivity index (χ3n) is 5.03. The first kappa shape index (κ1) is 15.1. The molecule has 2 aliphatic carbocycles. The van der Waals surface area contributed by atoms with Crippen molar-refractivity contribution in [3.8, 4) is 0 Å². The average Bonchev–Trinajstić information content (AvgIpc) is 2.81. The van der Waals surface area contributed by atoms with Crippen LogP contribution in [0.25, 0.3) is 0 Å². The number of rotatable bonds is 3. The first-order valence-electron chi connectivity index (χ1n) is 8.13. The molecule has 2 nitrogen and oxygen atoms in total. The maximum absolute atomic E-state index is 5.53. The van der Waals surface area contributed by atoms with Crippen LogP contribution in [-0.2, 0) is 0 Å². The second-order valence-corrected chi connectivity index (χ2v) is 7.44. The van der Waals surface area contributed by atoms with E-state index < -0.39 is 0 Å². The monoisotopic (exact) mass is 282 g/mol. The van der Waals surface area contributed by atoms with Gasteiger partial charge >= 0.3 is 0 Å². The molecule has 2 saturated carbocycles. The molecule has 2 rings (SSSR count). The van der Waals surface area contributed by atoms with Gasteiger partial charge in [-0.2, -0.15) is 0 Å². The highest BCUT2D eigenvalue weighted by atomic mass is 32.1. The number of hydrogen-bond donors (Lipinski definition) is 2. The first-order valence-corrected chi connectivity index (χ1v) is 8.54. The molecule has 110 valence electrons. The predicted molar refractivity (Wildman–Crippen MR) is 86.3 cm³/mol. The average molecular weight is 282 g/mol. The van der Waals surface area contributed by atoms with E-state index in [4.69, 9.17) is 12.2 Å². The summed E-state index contributed by atoms with van der Waals surface area (Å²) in [5.41, 5.74) is 0. The van der Waals surface area contributed by atoms with Gasteiger partial charge in [0.2, 0.25) is 0 Å². The molecule has 2 N–H and O–H groups in total. The maximum atomic E-state index is 5.53. The van der Waals surface area contributed by atoms with Crippen LogP contribution >= 0.6 is 12.2 Å². The van der Waals surface area contributed by atoms with E-state index in [9.17, 15) is 0 Å². The minimum absolute atomic E-state index is 0.574. The van der Waals surface area contributed by atoms with E-state index in [1.54, 1.807) is 0 Å². The van der Waals surface area contributed by atoms with Gasteiger partial charge in [-0.05, 0) is 55.7 Å². The summed E-state index contributed by atoms with van der Waals surface area (Å²) in [6, 6.07) is 1.20. The maximum Gasteiger partial charge on any atom is 0.166 e. The van der Waals surface area contributed by atoms with Crippen LogP contribution in [0.4, 0.5) is 0 Å². The Morgan fingerprint density at radius 2 is 1.74 bits per heavy atom. The Morgan fingerprint density at radius 1 is 1.05 bits per heavy atom. The SMILES string of the molecule is CC(C)[C@@H]1CC[C@@H](C)C[C@@H]1NC(=S)NC1CCCC1. The van der Waals surface area contributed by atoms with Gasteiger partial charge in [0.05, 0.1) is 0 Å². The summed E-state index contributed by atoms with van der Waals surface area (Å²) in [6.45, 7) is 7.07. The highest BCUT2D eigenvalue weighted by molar-refractivity contribution is 7.80. The zero-order chi connectivity index (χ0) is 13.8. The summed E-state index contributed by atoms with van der Waals surface area (Å²) in [5.74, 6) is 2.36. The molecule has 0 unspecified atom stereocenters. The molecular weight excluding hydrogens is 252 g/mol. The summed E-state index contributed by atoms with van der Waals surface area (Å²) in [4.78, 5) is 0. The fourth-order valence-corrected chi connectivity index (χ4v) is 4.15. The van der Waals surface area contributed by atoms with E-state index in [-0.39, 0.29) is 0 Å². The molecule has 0 amide bonds. The molecule has 0 spiro atoms. The van der Waals surface area contributed by atoms with Crippen molar-refractivity contribution < 1.29 is 0 Å². The van der Waals surface area contributed by atoms with E-state index in [2.05, 4.69) is 31.4 Å². The fraction of sp³-hybridized carbons (Fsp3) is 0.938. The van der Waals surface area contributed by atoms with Crippen LogP contribution < -0.4 is 10.6 Å². The van der Waals surface area contributed by atoms with Crippen molar-refractivity contribution in [2.24, 2.45) is 17.8 Å². The van der Waals surface area contributed by atoms with Crippen molar-refractivity contribution in [3.05, 3.63) is 0 Å². The normalized spacial score (nSPS) is 32.5. The highest BCUT2D eigenvalue weighted by Crippen LogP contribution is 2.33. The standard InChI is InChI=1S/C16H30N2S/c1-11(2)14-9-8-12(3)10-15(14)18-16(19)17-13-6-4-5-7-13/h11-15H,4-10H2,1-3H3,(H2,17,18,19)/t12-,14+,15+/m1/s1. The number of hydrogen-bond acceptors (Lipinski definition) is 1. The van der Waals surface area contributed by atoms with E-state index in [0.717, 1.165) is 22.9 Å². The van der Waals surface area contributed by atoms with Gasteiger partial charge < -0.3 is 10.6 Å². The topological polar surface area (TPSA) is 24.1 Å². The minimum atomic E-state index is 0.574. The molecule has 19 heavy (non-hydrogen) atoms. The third kappa shape index (κ3) is 4.34. The van der Waals surface area contributed by atoms with Gasteiger partial charge in [-0.15, -0.1) is 0 Å². The molecule has 3 heteroatoms.